The number of methoxy groups -OCH3 is 1. The maximum Gasteiger partial charge on any atom is 0.253 e. The summed E-state index contributed by atoms with van der Waals surface area (Å²) >= 11 is 0. The summed E-state index contributed by atoms with van der Waals surface area (Å²) in [6.07, 6.45) is 3.93. The molecular formula is C24H28F2N4O4. The topological polar surface area (TPSA) is 84.0 Å². The molecule has 182 valence electrons. The van der Waals surface area contributed by atoms with E-state index < -0.39 is 17.7 Å². The molecule has 0 saturated carbocycles. The number of pyridine rings is 1. The van der Waals surface area contributed by atoms with Crippen molar-refractivity contribution in [2.45, 2.75) is 50.5 Å². The van der Waals surface area contributed by atoms with Crippen LogP contribution in [0.15, 0.2) is 36.5 Å². The Morgan fingerprint density at radius 1 is 1.26 bits per heavy atom. The predicted molar refractivity (Wildman–Crippen MR) is 122 cm³/mol. The minimum absolute atomic E-state index is 0.0304. The first-order chi connectivity index (χ1) is 16.3. The van der Waals surface area contributed by atoms with Crippen molar-refractivity contribution in [2.75, 3.05) is 30.9 Å². The van der Waals surface area contributed by atoms with Crippen LogP contribution in [0.25, 0.3) is 0 Å². The van der Waals surface area contributed by atoms with Gasteiger partial charge in [-0.1, -0.05) is 6.07 Å². The van der Waals surface area contributed by atoms with Gasteiger partial charge in [-0.15, -0.1) is 0 Å². The van der Waals surface area contributed by atoms with Crippen molar-refractivity contribution >= 4 is 23.3 Å². The second-order valence-electron chi connectivity index (χ2n) is 8.68. The highest BCUT2D eigenvalue weighted by atomic mass is 19.2. The Balaban J connectivity index is 0.000000231. The van der Waals surface area contributed by atoms with Gasteiger partial charge in [-0.3, -0.25) is 19.4 Å². The standard InChI is InChI=1S/C17H22N4O3.C7H6F2O/c1-10-3-4-14(24-10)16(22)19-11-5-6-18-15(7-11)21-9-12-8-13(17(21)23)20(12)2;1-10-6-4-2-3-5(8)7(6)9/h5-7,10,12-14H,3-4,8-9H2,1-2H3,(H,18,19,22);2-4H,1H3. The lowest BCUT2D eigenvalue weighted by Gasteiger charge is -2.53. The first-order valence-corrected chi connectivity index (χ1v) is 11.2. The average Bonchev–Trinajstić information content (AvgIpc) is 3.27. The molecule has 4 atom stereocenters. The number of piperidine rings is 1. The average molecular weight is 475 g/mol. The minimum atomic E-state index is -0.940. The molecule has 4 unspecified atom stereocenters. The van der Waals surface area contributed by atoms with Crippen molar-refractivity contribution in [3.63, 3.8) is 0 Å². The van der Waals surface area contributed by atoms with Crippen molar-refractivity contribution in [1.82, 2.24) is 9.88 Å². The van der Waals surface area contributed by atoms with E-state index in [1.165, 1.54) is 19.2 Å². The van der Waals surface area contributed by atoms with Crippen LogP contribution in [-0.4, -0.2) is 66.7 Å². The van der Waals surface area contributed by atoms with Crippen molar-refractivity contribution in [2.24, 2.45) is 0 Å². The number of ether oxygens (including phenoxy) is 2. The van der Waals surface area contributed by atoms with Gasteiger partial charge in [0.15, 0.2) is 11.6 Å². The fourth-order valence-electron chi connectivity index (χ4n) is 4.38. The summed E-state index contributed by atoms with van der Waals surface area (Å²) in [5.41, 5.74) is 0.647. The number of anilines is 2. The molecule has 1 N–H and O–H groups in total. The normalized spacial score (nSPS) is 25.8. The first-order valence-electron chi connectivity index (χ1n) is 11.2. The Morgan fingerprint density at radius 2 is 2.06 bits per heavy atom. The largest absolute Gasteiger partial charge is 0.494 e. The number of halogens is 2. The van der Waals surface area contributed by atoms with Gasteiger partial charge in [-0.2, -0.15) is 4.39 Å². The number of carbonyl (C=O) groups is 2. The molecule has 4 aliphatic heterocycles. The van der Waals surface area contributed by atoms with Crippen molar-refractivity contribution in [1.29, 1.82) is 0 Å². The van der Waals surface area contributed by atoms with Gasteiger partial charge in [0.25, 0.3) is 5.91 Å². The number of carbonyl (C=O) groups excluding carboxylic acids is 2. The molecule has 4 fully saturated rings. The van der Waals surface area contributed by atoms with Gasteiger partial charge in [0.05, 0.1) is 19.3 Å². The molecule has 10 heteroatoms. The van der Waals surface area contributed by atoms with Gasteiger partial charge in [0.2, 0.25) is 11.7 Å². The fraction of sp³-hybridized carbons (Fsp3) is 0.458. The van der Waals surface area contributed by atoms with Gasteiger partial charge < -0.3 is 14.8 Å². The van der Waals surface area contributed by atoms with Crippen molar-refractivity contribution < 1.29 is 27.8 Å². The summed E-state index contributed by atoms with van der Waals surface area (Å²) in [7, 11) is 3.28. The first kappa shape index (κ1) is 24.0. The number of nitrogens with one attached hydrogen (secondary N) is 1. The number of hydrogen-bond donors (Lipinski definition) is 1. The highest BCUT2D eigenvalue weighted by Crippen LogP contribution is 2.34. The number of likely N-dealkylation sites (N-methyl/N-ethyl adjacent to an activating group) is 1. The molecule has 4 saturated heterocycles. The SMILES string of the molecule is CC1CCC(C(=O)Nc2ccnc(N3CC4CC(C3=O)N4C)c2)O1.COc1cccc(F)c1F. The lowest BCUT2D eigenvalue weighted by molar-refractivity contribution is -0.135. The Bertz CT molecular complexity index is 1070. The Labute approximate surface area is 196 Å². The molecule has 2 amide bonds. The monoisotopic (exact) mass is 474 g/mol. The smallest absolute Gasteiger partial charge is 0.253 e. The van der Waals surface area contributed by atoms with E-state index in [1.54, 1.807) is 23.2 Å². The van der Waals surface area contributed by atoms with Crippen molar-refractivity contribution in [3.05, 3.63) is 48.2 Å². The number of hydrogen-bond acceptors (Lipinski definition) is 6. The van der Waals surface area contributed by atoms with Gasteiger partial charge in [-0.25, -0.2) is 9.37 Å². The lowest BCUT2D eigenvalue weighted by atomic mass is 9.87. The molecule has 1 aromatic heterocycles. The molecule has 34 heavy (non-hydrogen) atoms. The van der Waals surface area contributed by atoms with E-state index in [0.29, 0.717) is 24.1 Å². The van der Waals surface area contributed by atoms with E-state index in [1.807, 2.05) is 14.0 Å². The predicted octanol–water partition coefficient (Wildman–Crippen LogP) is 2.98. The quantitative estimate of drug-likeness (QED) is 0.734. The van der Waals surface area contributed by atoms with Crippen LogP contribution in [0.3, 0.4) is 0 Å². The number of nitrogens with zero attached hydrogens (tertiary/aromatic N) is 3. The summed E-state index contributed by atoms with van der Waals surface area (Å²) in [5.74, 6) is -1.35. The van der Waals surface area contributed by atoms with Crippen LogP contribution in [0.2, 0.25) is 0 Å². The van der Waals surface area contributed by atoms with Gasteiger partial charge in [0.1, 0.15) is 11.9 Å². The maximum absolute atomic E-state index is 12.5. The second kappa shape index (κ2) is 10.0. The van der Waals surface area contributed by atoms with E-state index >= 15 is 0 Å². The Hall–Kier alpha value is -3.11. The molecule has 0 radical (unpaired) electrons. The van der Waals surface area contributed by atoms with E-state index in [4.69, 9.17) is 4.74 Å². The third-order valence-electron chi connectivity index (χ3n) is 6.46. The van der Waals surface area contributed by atoms with Crippen LogP contribution in [0.4, 0.5) is 20.3 Å². The van der Waals surface area contributed by atoms with E-state index in [2.05, 4.69) is 19.9 Å². The number of rotatable bonds is 4. The third-order valence-corrected chi connectivity index (χ3v) is 6.46. The molecule has 1 aromatic carbocycles. The molecule has 2 bridgehead atoms. The molecule has 0 spiro atoms. The zero-order valence-electron chi connectivity index (χ0n) is 19.3. The number of fused-ring (bicyclic) bond motifs is 2. The van der Waals surface area contributed by atoms with Crippen LogP contribution in [-0.2, 0) is 14.3 Å². The van der Waals surface area contributed by atoms with E-state index in [0.717, 1.165) is 25.3 Å². The van der Waals surface area contributed by atoms with Crippen LogP contribution < -0.4 is 15.0 Å². The third kappa shape index (κ3) is 4.88. The fourth-order valence-corrected chi connectivity index (χ4v) is 4.38. The van der Waals surface area contributed by atoms with Crippen molar-refractivity contribution in [3.8, 4) is 5.75 Å². The van der Waals surface area contributed by atoms with Crippen LogP contribution in [0, 0.1) is 11.6 Å². The van der Waals surface area contributed by atoms with Gasteiger partial charge in [0, 0.05) is 30.5 Å². The lowest BCUT2D eigenvalue weighted by Crippen LogP contribution is -2.70. The zero-order chi connectivity index (χ0) is 24.4. The summed E-state index contributed by atoms with van der Waals surface area (Å²) in [6, 6.07) is 7.66. The van der Waals surface area contributed by atoms with Gasteiger partial charge in [-0.05, 0) is 51.4 Å². The zero-order valence-corrected chi connectivity index (χ0v) is 19.3. The molecule has 8 nitrogen and oxygen atoms in total. The number of piperazine rings is 1. The van der Waals surface area contributed by atoms with Gasteiger partial charge >= 0.3 is 0 Å². The molecule has 5 heterocycles. The summed E-state index contributed by atoms with van der Waals surface area (Å²) in [4.78, 5) is 32.9. The minimum Gasteiger partial charge on any atom is -0.494 e. The Morgan fingerprint density at radius 3 is 2.68 bits per heavy atom. The summed E-state index contributed by atoms with van der Waals surface area (Å²) in [5, 5.41) is 2.88. The van der Waals surface area contributed by atoms with E-state index in [-0.39, 0.29) is 29.7 Å². The number of benzene rings is 1. The molecule has 6 rings (SSSR count). The summed E-state index contributed by atoms with van der Waals surface area (Å²) in [6.45, 7) is 2.63. The molecule has 4 aliphatic rings. The Kier molecular flexibility index (Phi) is 7.08. The number of amides is 2. The molecule has 0 aliphatic carbocycles. The highest BCUT2D eigenvalue weighted by Gasteiger charge is 2.48. The maximum atomic E-state index is 12.5. The second-order valence-corrected chi connectivity index (χ2v) is 8.68. The molecular weight excluding hydrogens is 446 g/mol. The van der Waals surface area contributed by atoms with Crippen LogP contribution in [0.1, 0.15) is 26.2 Å². The van der Waals surface area contributed by atoms with Crippen LogP contribution >= 0.6 is 0 Å². The van der Waals surface area contributed by atoms with E-state index in [9.17, 15) is 18.4 Å². The highest BCUT2D eigenvalue weighted by molar-refractivity contribution is 6.00. The summed E-state index contributed by atoms with van der Waals surface area (Å²) < 4.78 is 34.9. The molecule has 2 aromatic rings. The number of aromatic nitrogens is 1. The van der Waals surface area contributed by atoms with Crippen LogP contribution in [0.5, 0.6) is 5.75 Å².